The maximum atomic E-state index is 11.8. The van der Waals surface area contributed by atoms with E-state index in [0.717, 1.165) is 25.8 Å². The van der Waals surface area contributed by atoms with Gasteiger partial charge in [-0.05, 0) is 26.2 Å². The molecule has 2 nitrogen and oxygen atoms in total. The van der Waals surface area contributed by atoms with E-state index in [4.69, 9.17) is 11.6 Å². The summed E-state index contributed by atoms with van der Waals surface area (Å²) < 4.78 is 0. The third kappa shape index (κ3) is 5.41. The Hall–Kier alpha value is -0.240. The van der Waals surface area contributed by atoms with Crippen molar-refractivity contribution in [3.05, 3.63) is 0 Å². The van der Waals surface area contributed by atoms with Gasteiger partial charge >= 0.3 is 0 Å². The van der Waals surface area contributed by atoms with Crippen LogP contribution in [0.3, 0.4) is 0 Å². The average molecular weight is 232 g/mol. The molecule has 1 fully saturated rings. The molecule has 0 heterocycles. The monoisotopic (exact) mass is 231 g/mol. The van der Waals surface area contributed by atoms with Crippen molar-refractivity contribution in [2.45, 2.75) is 57.2 Å². The summed E-state index contributed by atoms with van der Waals surface area (Å²) in [6, 6.07) is 0. The zero-order valence-corrected chi connectivity index (χ0v) is 10.4. The van der Waals surface area contributed by atoms with Gasteiger partial charge in [0.05, 0.1) is 0 Å². The maximum absolute atomic E-state index is 11.8. The van der Waals surface area contributed by atoms with Gasteiger partial charge in [0.15, 0.2) is 0 Å². The molecule has 15 heavy (non-hydrogen) atoms. The molecular weight excluding hydrogens is 210 g/mol. The van der Waals surface area contributed by atoms with Crippen LogP contribution >= 0.6 is 11.6 Å². The summed E-state index contributed by atoms with van der Waals surface area (Å²) in [5.41, 5.74) is 0. The second-order valence-electron chi connectivity index (χ2n) is 4.55. The molecule has 1 saturated carbocycles. The third-order valence-corrected chi connectivity index (χ3v) is 3.29. The molecule has 1 N–H and O–H groups in total. The molecule has 1 rings (SSSR count). The molecule has 1 amide bonds. The average Bonchev–Trinajstić information content (AvgIpc) is 2.44. The second kappa shape index (κ2) is 7.10. The Labute approximate surface area is 97.8 Å². The molecule has 0 aliphatic heterocycles. The van der Waals surface area contributed by atoms with Crippen molar-refractivity contribution in [2.24, 2.45) is 5.92 Å². The van der Waals surface area contributed by atoms with E-state index in [1.165, 1.54) is 25.7 Å². The maximum Gasteiger partial charge on any atom is 0.223 e. The first-order chi connectivity index (χ1) is 7.20. The highest BCUT2D eigenvalue weighted by Gasteiger charge is 2.19. The standard InChI is InChI=1S/C12H22ClNO/c1-10(13)8-9-14-12(15)11-6-4-2-3-5-7-11/h10-11H,2-9H2,1H3,(H,14,15). The van der Waals surface area contributed by atoms with Gasteiger partial charge in [0.2, 0.25) is 5.91 Å². The number of alkyl halides is 1. The molecule has 1 aliphatic rings. The molecule has 0 aromatic heterocycles. The van der Waals surface area contributed by atoms with Gasteiger partial charge in [-0.25, -0.2) is 0 Å². The topological polar surface area (TPSA) is 29.1 Å². The molecular formula is C12H22ClNO. The number of nitrogens with one attached hydrogen (secondary N) is 1. The van der Waals surface area contributed by atoms with E-state index < -0.39 is 0 Å². The van der Waals surface area contributed by atoms with Crippen molar-refractivity contribution in [1.82, 2.24) is 5.32 Å². The fourth-order valence-corrected chi connectivity index (χ4v) is 2.19. The largest absolute Gasteiger partial charge is 0.356 e. The van der Waals surface area contributed by atoms with Gasteiger partial charge in [0.25, 0.3) is 0 Å². The lowest BCUT2D eigenvalue weighted by atomic mass is 9.99. The first-order valence-electron chi connectivity index (χ1n) is 6.12. The molecule has 0 radical (unpaired) electrons. The quantitative estimate of drug-likeness (QED) is 0.585. The van der Waals surface area contributed by atoms with Gasteiger partial charge < -0.3 is 5.32 Å². The van der Waals surface area contributed by atoms with E-state index in [9.17, 15) is 4.79 Å². The Balaban J connectivity index is 2.19. The highest BCUT2D eigenvalue weighted by molar-refractivity contribution is 6.20. The molecule has 1 aliphatic carbocycles. The van der Waals surface area contributed by atoms with Gasteiger partial charge in [-0.15, -0.1) is 11.6 Å². The van der Waals surface area contributed by atoms with Crippen LogP contribution in [0.25, 0.3) is 0 Å². The van der Waals surface area contributed by atoms with Crippen molar-refractivity contribution >= 4 is 17.5 Å². The van der Waals surface area contributed by atoms with Crippen LogP contribution in [0.4, 0.5) is 0 Å². The summed E-state index contributed by atoms with van der Waals surface area (Å²) in [5, 5.41) is 3.14. The van der Waals surface area contributed by atoms with E-state index in [-0.39, 0.29) is 17.2 Å². The van der Waals surface area contributed by atoms with E-state index in [2.05, 4.69) is 5.32 Å². The minimum absolute atomic E-state index is 0.152. The van der Waals surface area contributed by atoms with Gasteiger partial charge in [0.1, 0.15) is 0 Å². The Kier molecular flexibility index (Phi) is 6.07. The first-order valence-corrected chi connectivity index (χ1v) is 6.55. The second-order valence-corrected chi connectivity index (χ2v) is 5.29. The van der Waals surface area contributed by atoms with E-state index >= 15 is 0 Å². The minimum Gasteiger partial charge on any atom is -0.356 e. The predicted molar refractivity (Wildman–Crippen MR) is 64.1 cm³/mol. The molecule has 3 heteroatoms. The molecule has 0 aromatic rings. The van der Waals surface area contributed by atoms with Crippen molar-refractivity contribution in [2.75, 3.05) is 6.54 Å². The fraction of sp³-hybridized carbons (Fsp3) is 0.917. The Morgan fingerprint density at radius 1 is 1.33 bits per heavy atom. The van der Waals surface area contributed by atoms with Crippen molar-refractivity contribution < 1.29 is 4.79 Å². The molecule has 0 spiro atoms. The van der Waals surface area contributed by atoms with Crippen LogP contribution in [0, 0.1) is 5.92 Å². The van der Waals surface area contributed by atoms with Crippen molar-refractivity contribution in [1.29, 1.82) is 0 Å². The van der Waals surface area contributed by atoms with Gasteiger partial charge in [-0.3, -0.25) is 4.79 Å². The first kappa shape index (κ1) is 12.8. The van der Waals surface area contributed by atoms with Gasteiger partial charge in [0, 0.05) is 17.8 Å². The van der Waals surface area contributed by atoms with Crippen LogP contribution in [0.5, 0.6) is 0 Å². The number of carbonyl (C=O) groups is 1. The van der Waals surface area contributed by atoms with E-state index in [1.54, 1.807) is 0 Å². The fourth-order valence-electron chi connectivity index (χ4n) is 2.08. The number of halogens is 1. The van der Waals surface area contributed by atoms with Gasteiger partial charge in [-0.1, -0.05) is 25.7 Å². The molecule has 1 atom stereocenters. The lowest BCUT2D eigenvalue weighted by Crippen LogP contribution is -2.32. The van der Waals surface area contributed by atoms with Crippen molar-refractivity contribution in [3.8, 4) is 0 Å². The zero-order chi connectivity index (χ0) is 11.1. The summed E-state index contributed by atoms with van der Waals surface area (Å²) in [4.78, 5) is 11.8. The number of rotatable bonds is 4. The summed E-state index contributed by atoms with van der Waals surface area (Å²) in [6.45, 7) is 2.68. The smallest absolute Gasteiger partial charge is 0.223 e. The molecule has 0 aromatic carbocycles. The lowest BCUT2D eigenvalue weighted by Gasteiger charge is -2.14. The van der Waals surface area contributed by atoms with E-state index in [0.29, 0.717) is 0 Å². The van der Waals surface area contributed by atoms with Crippen LogP contribution in [0.1, 0.15) is 51.9 Å². The Morgan fingerprint density at radius 2 is 1.93 bits per heavy atom. The number of hydrogen-bond acceptors (Lipinski definition) is 1. The Bertz CT molecular complexity index is 186. The number of amides is 1. The predicted octanol–water partition coefficient (Wildman–Crippen LogP) is 3.09. The summed E-state index contributed by atoms with van der Waals surface area (Å²) in [6.07, 6.45) is 8.02. The zero-order valence-electron chi connectivity index (χ0n) is 9.60. The van der Waals surface area contributed by atoms with E-state index in [1.807, 2.05) is 6.92 Å². The highest BCUT2D eigenvalue weighted by atomic mass is 35.5. The third-order valence-electron chi connectivity index (χ3n) is 3.07. The van der Waals surface area contributed by atoms with Crippen LogP contribution in [0.15, 0.2) is 0 Å². The van der Waals surface area contributed by atoms with Gasteiger partial charge in [-0.2, -0.15) is 0 Å². The van der Waals surface area contributed by atoms with Crippen LogP contribution in [-0.2, 0) is 4.79 Å². The number of hydrogen-bond donors (Lipinski definition) is 1. The highest BCUT2D eigenvalue weighted by Crippen LogP contribution is 2.22. The molecule has 0 bridgehead atoms. The SMILES string of the molecule is CC(Cl)CCNC(=O)C1CCCCCC1. The van der Waals surface area contributed by atoms with Crippen molar-refractivity contribution in [3.63, 3.8) is 0 Å². The molecule has 88 valence electrons. The summed E-state index contributed by atoms with van der Waals surface area (Å²) in [7, 11) is 0. The normalized spacial score (nSPS) is 20.7. The summed E-state index contributed by atoms with van der Waals surface area (Å²) in [5.74, 6) is 0.507. The lowest BCUT2D eigenvalue weighted by molar-refractivity contribution is -0.125. The Morgan fingerprint density at radius 3 is 2.47 bits per heavy atom. The molecule has 0 saturated heterocycles. The minimum atomic E-state index is 0.152. The number of carbonyl (C=O) groups excluding carboxylic acids is 1. The summed E-state index contributed by atoms with van der Waals surface area (Å²) >= 11 is 5.82. The van der Waals surface area contributed by atoms with Crippen LogP contribution < -0.4 is 5.32 Å². The molecule has 1 unspecified atom stereocenters. The van der Waals surface area contributed by atoms with Crippen LogP contribution in [0.2, 0.25) is 0 Å². The van der Waals surface area contributed by atoms with Crippen LogP contribution in [-0.4, -0.2) is 17.8 Å².